The van der Waals surface area contributed by atoms with Crippen LogP contribution < -0.4 is 5.63 Å². The zero-order valence-electron chi connectivity index (χ0n) is 13.2. The maximum absolute atomic E-state index is 12.3. The molecule has 0 saturated carbocycles. The first-order chi connectivity index (χ1) is 11.4. The van der Waals surface area contributed by atoms with Crippen molar-refractivity contribution in [1.29, 1.82) is 0 Å². The highest BCUT2D eigenvalue weighted by Crippen LogP contribution is 2.24. The maximum atomic E-state index is 12.3. The van der Waals surface area contributed by atoms with E-state index in [1.165, 1.54) is 12.1 Å². The van der Waals surface area contributed by atoms with Crippen molar-refractivity contribution in [3.63, 3.8) is 0 Å². The second-order valence-corrected chi connectivity index (χ2v) is 5.58. The molecule has 0 N–H and O–H groups in total. The highest BCUT2D eigenvalue weighted by Gasteiger charge is 2.17. The number of fused-ring (bicyclic) bond motifs is 1. The van der Waals surface area contributed by atoms with Gasteiger partial charge in [0.2, 0.25) is 0 Å². The molecule has 0 saturated heterocycles. The Morgan fingerprint density at radius 1 is 1.21 bits per heavy atom. The molecule has 1 aliphatic rings. The summed E-state index contributed by atoms with van der Waals surface area (Å²) in [7, 11) is 3.65. The van der Waals surface area contributed by atoms with Gasteiger partial charge in [-0.2, -0.15) is 5.10 Å². The molecule has 7 nitrogen and oxygen atoms in total. The van der Waals surface area contributed by atoms with E-state index in [4.69, 9.17) is 4.42 Å². The molecule has 0 amide bonds. The van der Waals surface area contributed by atoms with E-state index in [-0.39, 0.29) is 5.69 Å². The molecule has 3 rings (SSSR count). The van der Waals surface area contributed by atoms with Crippen molar-refractivity contribution in [2.75, 3.05) is 14.1 Å². The number of nitro benzene ring substituents is 1. The Morgan fingerprint density at radius 3 is 2.54 bits per heavy atom. The van der Waals surface area contributed by atoms with Crippen LogP contribution in [-0.2, 0) is 6.42 Å². The van der Waals surface area contributed by atoms with Gasteiger partial charge in [0.05, 0.1) is 22.6 Å². The van der Waals surface area contributed by atoms with Gasteiger partial charge in [0.15, 0.2) is 0 Å². The monoisotopic (exact) mass is 325 g/mol. The lowest BCUT2D eigenvalue weighted by atomic mass is 9.99. The third kappa shape index (κ3) is 3.10. The van der Waals surface area contributed by atoms with Gasteiger partial charge in [0.25, 0.3) is 5.69 Å². The average Bonchev–Trinajstić information content (AvgIpc) is 2.53. The van der Waals surface area contributed by atoms with Crippen LogP contribution in [0.25, 0.3) is 17.2 Å². The highest BCUT2D eigenvalue weighted by molar-refractivity contribution is 6.02. The molecule has 0 atom stereocenters. The third-order valence-corrected chi connectivity index (χ3v) is 3.57. The molecule has 0 spiro atoms. The number of non-ortho nitro benzene ring substituents is 1. The number of nitrogens with zero attached hydrogens (tertiary/aromatic N) is 3. The van der Waals surface area contributed by atoms with Crippen LogP contribution in [-0.4, -0.2) is 29.7 Å². The Morgan fingerprint density at radius 2 is 1.92 bits per heavy atom. The summed E-state index contributed by atoms with van der Waals surface area (Å²) in [5, 5.41) is 16.7. The van der Waals surface area contributed by atoms with Crippen LogP contribution in [0.15, 0.2) is 50.7 Å². The van der Waals surface area contributed by atoms with Gasteiger partial charge in [0, 0.05) is 31.8 Å². The molecule has 0 unspecified atom stereocenters. The van der Waals surface area contributed by atoms with E-state index in [1.54, 1.807) is 23.2 Å². The largest absolute Gasteiger partial charge is 0.426 e. The number of hydrogen-bond acceptors (Lipinski definition) is 6. The van der Waals surface area contributed by atoms with Gasteiger partial charge in [-0.3, -0.25) is 10.1 Å². The third-order valence-electron chi connectivity index (χ3n) is 3.57. The van der Waals surface area contributed by atoms with Crippen molar-refractivity contribution < 1.29 is 9.34 Å². The Labute approximate surface area is 137 Å². The molecule has 24 heavy (non-hydrogen) atoms. The standard InChI is InChI=1S/C17H15N3O4/c1-19(2)18-13-6-3-12-9-15(17(21)24-16(12)10-13)11-4-7-14(8-5-11)20(22)23/h3-9H,10H2,1-2H3. The van der Waals surface area contributed by atoms with Crippen LogP contribution in [0.5, 0.6) is 0 Å². The van der Waals surface area contributed by atoms with Crippen LogP contribution in [0.2, 0.25) is 0 Å². The topological polar surface area (TPSA) is 89.0 Å². The van der Waals surface area contributed by atoms with E-state index in [2.05, 4.69) is 5.10 Å². The first-order valence-electron chi connectivity index (χ1n) is 7.29. The minimum absolute atomic E-state index is 0.0227. The normalized spacial score (nSPS) is 14.5. The van der Waals surface area contributed by atoms with E-state index < -0.39 is 10.5 Å². The molecule has 2 aromatic rings. The Bertz CT molecular complexity index is 908. The summed E-state index contributed by atoms with van der Waals surface area (Å²) in [6, 6.07) is 7.56. The average molecular weight is 325 g/mol. The lowest BCUT2D eigenvalue weighted by molar-refractivity contribution is -0.384. The molecule has 1 aromatic heterocycles. The summed E-state index contributed by atoms with van der Waals surface area (Å²) in [4.78, 5) is 22.5. The number of allylic oxidation sites excluding steroid dienone is 1. The number of hydrogen-bond donors (Lipinski definition) is 0. The molecule has 0 aliphatic heterocycles. The predicted octanol–water partition coefficient (Wildman–Crippen LogP) is 2.70. The lowest BCUT2D eigenvalue weighted by Crippen LogP contribution is -2.15. The van der Waals surface area contributed by atoms with Gasteiger partial charge in [-0.1, -0.05) is 0 Å². The van der Waals surface area contributed by atoms with Gasteiger partial charge in [-0.05, 0) is 35.9 Å². The lowest BCUT2D eigenvalue weighted by Gasteiger charge is -2.13. The fourth-order valence-corrected chi connectivity index (χ4v) is 2.50. The van der Waals surface area contributed by atoms with Crippen molar-refractivity contribution in [2.45, 2.75) is 6.42 Å². The number of hydrazone groups is 1. The molecular weight excluding hydrogens is 310 g/mol. The Hall–Kier alpha value is -3.22. The van der Waals surface area contributed by atoms with Crippen molar-refractivity contribution in [3.8, 4) is 11.1 Å². The van der Waals surface area contributed by atoms with Crippen LogP contribution in [0, 0.1) is 10.1 Å². The van der Waals surface area contributed by atoms with Gasteiger partial charge >= 0.3 is 5.63 Å². The second kappa shape index (κ2) is 6.11. The zero-order chi connectivity index (χ0) is 17.3. The first-order valence-corrected chi connectivity index (χ1v) is 7.29. The minimum atomic E-state index is -0.479. The Balaban J connectivity index is 1.99. The summed E-state index contributed by atoms with van der Waals surface area (Å²) in [6.45, 7) is 0. The second-order valence-electron chi connectivity index (χ2n) is 5.58. The van der Waals surface area contributed by atoms with E-state index in [1.807, 2.05) is 26.2 Å². The van der Waals surface area contributed by atoms with Gasteiger partial charge < -0.3 is 9.43 Å². The number of nitro groups is 1. The molecule has 1 aliphatic carbocycles. The molecular formula is C17H15N3O4. The smallest absolute Gasteiger partial charge is 0.343 e. The van der Waals surface area contributed by atoms with Gasteiger partial charge in [-0.15, -0.1) is 0 Å². The van der Waals surface area contributed by atoms with Crippen molar-refractivity contribution in [2.24, 2.45) is 5.10 Å². The quantitative estimate of drug-likeness (QED) is 0.639. The fraction of sp³-hybridized carbons (Fsp3) is 0.176. The first kappa shape index (κ1) is 15.7. The molecule has 122 valence electrons. The molecule has 0 fully saturated rings. The minimum Gasteiger partial charge on any atom is -0.426 e. The Kier molecular flexibility index (Phi) is 3.99. The van der Waals surface area contributed by atoms with Crippen molar-refractivity contribution in [1.82, 2.24) is 5.01 Å². The molecule has 1 aromatic carbocycles. The van der Waals surface area contributed by atoms with Crippen LogP contribution >= 0.6 is 0 Å². The summed E-state index contributed by atoms with van der Waals surface area (Å²) < 4.78 is 5.43. The SMILES string of the molecule is CN(C)N=C1C=Cc2cc(-c3ccc([N+](=O)[O-])cc3)c(=O)oc2C1. The van der Waals surface area contributed by atoms with E-state index in [0.29, 0.717) is 23.3 Å². The van der Waals surface area contributed by atoms with Crippen LogP contribution in [0.4, 0.5) is 5.69 Å². The molecule has 0 radical (unpaired) electrons. The summed E-state index contributed by atoms with van der Waals surface area (Å²) in [5.41, 5.74) is 2.08. The van der Waals surface area contributed by atoms with E-state index >= 15 is 0 Å². The van der Waals surface area contributed by atoms with Crippen LogP contribution in [0.1, 0.15) is 11.3 Å². The number of rotatable bonds is 3. The molecule has 0 bridgehead atoms. The van der Waals surface area contributed by atoms with Gasteiger partial charge in [0.1, 0.15) is 5.76 Å². The zero-order valence-corrected chi connectivity index (χ0v) is 13.2. The molecule has 7 heteroatoms. The predicted molar refractivity (Wildman–Crippen MR) is 90.9 cm³/mol. The van der Waals surface area contributed by atoms with Crippen molar-refractivity contribution >= 4 is 17.5 Å². The highest BCUT2D eigenvalue weighted by atomic mass is 16.6. The van der Waals surface area contributed by atoms with Gasteiger partial charge in [-0.25, -0.2) is 4.79 Å². The summed E-state index contributed by atoms with van der Waals surface area (Å²) in [6.07, 6.45) is 4.17. The van der Waals surface area contributed by atoms with Crippen molar-refractivity contribution in [3.05, 3.63) is 68.3 Å². The van der Waals surface area contributed by atoms with E-state index in [0.717, 1.165) is 11.3 Å². The summed E-state index contributed by atoms with van der Waals surface area (Å²) >= 11 is 0. The van der Waals surface area contributed by atoms with Crippen LogP contribution in [0.3, 0.4) is 0 Å². The maximum Gasteiger partial charge on any atom is 0.343 e. The fourth-order valence-electron chi connectivity index (χ4n) is 2.50. The van der Waals surface area contributed by atoms with E-state index in [9.17, 15) is 14.9 Å². The number of benzene rings is 1. The molecule has 1 heterocycles. The summed E-state index contributed by atoms with van der Waals surface area (Å²) in [5.74, 6) is 0.564.